The summed E-state index contributed by atoms with van der Waals surface area (Å²) >= 11 is 0. The van der Waals surface area contributed by atoms with Crippen molar-refractivity contribution in [3.8, 4) is 6.19 Å². The maximum Gasteiger partial charge on any atom is 0.337 e. The molecule has 1 saturated carbocycles. The van der Waals surface area contributed by atoms with Gasteiger partial charge in [0.1, 0.15) is 0 Å². The molecule has 2 rings (SSSR count). The van der Waals surface area contributed by atoms with Crippen molar-refractivity contribution in [2.75, 3.05) is 13.7 Å². The summed E-state index contributed by atoms with van der Waals surface area (Å²) in [5.41, 5.74) is 0.575. The zero-order valence-electron chi connectivity index (χ0n) is 12.7. The number of fused-ring (bicyclic) bond motifs is 1. The largest absolute Gasteiger partial charge is 0.472 e. The predicted molar refractivity (Wildman–Crippen MR) is 74.5 cm³/mol. The number of ether oxygens (including phenoxy) is 3. The van der Waals surface area contributed by atoms with E-state index in [2.05, 4.69) is 5.32 Å². The third-order valence-corrected chi connectivity index (χ3v) is 4.17. The lowest BCUT2D eigenvalue weighted by atomic mass is 9.82. The molecule has 1 heterocycles. The second-order valence-corrected chi connectivity index (χ2v) is 5.77. The third-order valence-electron chi connectivity index (χ3n) is 4.17. The molecule has 1 N–H and O–H groups in total. The first-order valence-electron chi connectivity index (χ1n) is 7.29. The highest BCUT2D eigenvalue weighted by molar-refractivity contribution is 5.89. The fraction of sp³-hybridized carbons (Fsp3) is 0.733. The van der Waals surface area contributed by atoms with Crippen LogP contribution in [0.15, 0.2) is 11.8 Å². The number of carbonyl (C=O) groups is 1. The van der Waals surface area contributed by atoms with E-state index >= 15 is 0 Å². The van der Waals surface area contributed by atoms with Crippen molar-refractivity contribution in [3.63, 3.8) is 0 Å². The molecule has 6 nitrogen and oxygen atoms in total. The monoisotopic (exact) mass is 294 g/mol. The maximum absolute atomic E-state index is 11.9. The summed E-state index contributed by atoms with van der Waals surface area (Å²) in [7, 11) is 1.37. The Morgan fingerprint density at radius 3 is 2.95 bits per heavy atom. The first-order valence-corrected chi connectivity index (χ1v) is 7.29. The average Bonchev–Trinajstić information content (AvgIpc) is 2.88. The highest BCUT2D eigenvalue weighted by Crippen LogP contribution is 2.47. The number of nitriles is 1. The van der Waals surface area contributed by atoms with E-state index in [4.69, 9.17) is 19.5 Å². The van der Waals surface area contributed by atoms with Crippen LogP contribution in [0, 0.1) is 29.2 Å². The van der Waals surface area contributed by atoms with Crippen LogP contribution in [0.5, 0.6) is 0 Å². The van der Waals surface area contributed by atoms with Gasteiger partial charge in [-0.15, -0.1) is 0 Å². The van der Waals surface area contributed by atoms with E-state index in [1.54, 1.807) is 0 Å². The first kappa shape index (κ1) is 15.6. The molecule has 0 amide bonds. The van der Waals surface area contributed by atoms with Gasteiger partial charge in [-0.1, -0.05) is 0 Å². The Bertz CT molecular complexity index is 455. The van der Waals surface area contributed by atoms with Crippen molar-refractivity contribution < 1.29 is 19.0 Å². The average molecular weight is 294 g/mol. The number of methoxy groups -OCH3 is 1. The van der Waals surface area contributed by atoms with E-state index < -0.39 is 0 Å². The number of hydrogen-bond acceptors (Lipinski definition) is 6. The SMILES string of the molecule is COC(=O)C1=CO[C@@H](OC(C)C)C2C(CNC#N)CCC12. The van der Waals surface area contributed by atoms with Gasteiger partial charge in [0.25, 0.3) is 0 Å². The van der Waals surface area contributed by atoms with Gasteiger partial charge >= 0.3 is 5.97 Å². The molecule has 0 spiro atoms. The van der Waals surface area contributed by atoms with Crippen molar-refractivity contribution in [2.45, 2.75) is 39.1 Å². The molecule has 6 heteroatoms. The summed E-state index contributed by atoms with van der Waals surface area (Å²) in [5, 5.41) is 11.4. The third kappa shape index (κ3) is 3.30. The molecule has 0 aromatic carbocycles. The fourth-order valence-electron chi connectivity index (χ4n) is 3.32. The second-order valence-electron chi connectivity index (χ2n) is 5.77. The van der Waals surface area contributed by atoms with Gasteiger partial charge in [0.15, 0.2) is 6.19 Å². The second kappa shape index (κ2) is 6.81. The van der Waals surface area contributed by atoms with E-state index in [0.717, 1.165) is 12.8 Å². The Kier molecular flexibility index (Phi) is 5.07. The molecule has 116 valence electrons. The van der Waals surface area contributed by atoms with Crippen LogP contribution in [0.1, 0.15) is 26.7 Å². The molecule has 21 heavy (non-hydrogen) atoms. The van der Waals surface area contributed by atoms with E-state index in [0.29, 0.717) is 12.1 Å². The molecular formula is C15H22N2O4. The van der Waals surface area contributed by atoms with Gasteiger partial charge < -0.3 is 19.5 Å². The Morgan fingerprint density at radius 1 is 1.57 bits per heavy atom. The van der Waals surface area contributed by atoms with Gasteiger partial charge in [-0.25, -0.2) is 4.79 Å². The van der Waals surface area contributed by atoms with Gasteiger partial charge in [0.05, 0.1) is 25.0 Å². The van der Waals surface area contributed by atoms with E-state index in [-0.39, 0.29) is 36.1 Å². The first-order chi connectivity index (χ1) is 10.1. The zero-order valence-corrected chi connectivity index (χ0v) is 12.7. The van der Waals surface area contributed by atoms with Crippen LogP contribution in [0.3, 0.4) is 0 Å². The van der Waals surface area contributed by atoms with E-state index in [1.807, 2.05) is 20.0 Å². The van der Waals surface area contributed by atoms with Crippen molar-refractivity contribution in [3.05, 3.63) is 11.8 Å². The minimum Gasteiger partial charge on any atom is -0.472 e. The van der Waals surface area contributed by atoms with Gasteiger partial charge in [0.2, 0.25) is 6.29 Å². The standard InChI is InChI=1S/C15H22N2O4/c1-9(2)21-15-13-10(6-17-8-16)4-5-11(13)12(7-20-15)14(18)19-3/h7,9-11,13,15,17H,4-6H2,1-3H3/t10?,11?,13?,15-/m0/s1. The number of nitrogens with zero attached hydrogens (tertiary/aromatic N) is 1. The Morgan fingerprint density at radius 2 is 2.33 bits per heavy atom. The quantitative estimate of drug-likeness (QED) is 0.470. The number of esters is 1. The van der Waals surface area contributed by atoms with Gasteiger partial charge in [-0.3, -0.25) is 0 Å². The fourth-order valence-corrected chi connectivity index (χ4v) is 3.32. The zero-order chi connectivity index (χ0) is 15.4. The van der Waals surface area contributed by atoms with E-state index in [9.17, 15) is 4.79 Å². The van der Waals surface area contributed by atoms with Crippen LogP contribution in [0.4, 0.5) is 0 Å². The Hall–Kier alpha value is -1.74. The predicted octanol–water partition coefficient (Wildman–Crippen LogP) is 1.54. The van der Waals surface area contributed by atoms with E-state index in [1.165, 1.54) is 13.4 Å². The Labute approximate surface area is 125 Å². The molecule has 0 radical (unpaired) electrons. The number of carbonyl (C=O) groups excluding carboxylic acids is 1. The summed E-state index contributed by atoms with van der Waals surface area (Å²) in [4.78, 5) is 11.9. The number of hydrogen-bond donors (Lipinski definition) is 1. The van der Waals surface area contributed by atoms with Crippen molar-refractivity contribution in [1.29, 1.82) is 5.26 Å². The highest BCUT2D eigenvalue weighted by atomic mass is 16.7. The van der Waals surface area contributed by atoms with Gasteiger partial charge in [-0.05, 0) is 32.6 Å². The lowest BCUT2D eigenvalue weighted by Crippen LogP contribution is -2.41. The van der Waals surface area contributed by atoms with Crippen molar-refractivity contribution in [1.82, 2.24) is 5.32 Å². The van der Waals surface area contributed by atoms with Crippen LogP contribution < -0.4 is 5.32 Å². The van der Waals surface area contributed by atoms with Crippen LogP contribution >= 0.6 is 0 Å². The lowest BCUT2D eigenvalue weighted by Gasteiger charge is -2.36. The highest BCUT2D eigenvalue weighted by Gasteiger charge is 2.48. The molecule has 0 saturated heterocycles. The maximum atomic E-state index is 11.9. The van der Waals surface area contributed by atoms with Crippen molar-refractivity contribution >= 4 is 5.97 Å². The van der Waals surface area contributed by atoms with Gasteiger partial charge in [-0.2, -0.15) is 5.26 Å². The molecule has 0 bridgehead atoms. The smallest absolute Gasteiger partial charge is 0.337 e. The minimum atomic E-state index is -0.378. The molecule has 1 aliphatic carbocycles. The van der Waals surface area contributed by atoms with Crippen LogP contribution in [0.25, 0.3) is 0 Å². The number of rotatable bonds is 5. The summed E-state index contributed by atoms with van der Waals surface area (Å²) in [5.74, 6) is 0.0291. The summed E-state index contributed by atoms with van der Waals surface area (Å²) in [6, 6.07) is 0. The lowest BCUT2D eigenvalue weighted by molar-refractivity contribution is -0.184. The number of nitrogens with one attached hydrogen (secondary N) is 1. The molecule has 1 fully saturated rings. The molecular weight excluding hydrogens is 272 g/mol. The Balaban J connectivity index is 2.20. The molecule has 4 atom stereocenters. The molecule has 1 aliphatic heterocycles. The van der Waals surface area contributed by atoms with Crippen LogP contribution in [-0.2, 0) is 19.0 Å². The molecule has 0 aromatic rings. The van der Waals surface area contributed by atoms with Crippen LogP contribution in [0.2, 0.25) is 0 Å². The van der Waals surface area contributed by atoms with Crippen molar-refractivity contribution in [2.24, 2.45) is 17.8 Å². The molecule has 2 aliphatic rings. The summed E-state index contributed by atoms with van der Waals surface area (Å²) in [6.07, 6.45) is 4.91. The summed E-state index contributed by atoms with van der Waals surface area (Å²) in [6.45, 7) is 4.48. The minimum absolute atomic E-state index is 0.0360. The normalized spacial score (nSPS) is 30.9. The molecule has 3 unspecified atom stereocenters. The molecule has 0 aromatic heterocycles. The van der Waals surface area contributed by atoms with Gasteiger partial charge in [0, 0.05) is 18.4 Å². The van der Waals surface area contributed by atoms with Crippen LogP contribution in [-0.4, -0.2) is 32.0 Å². The summed E-state index contributed by atoms with van der Waals surface area (Å²) < 4.78 is 16.3. The topological polar surface area (TPSA) is 80.6 Å².